The molecule has 0 aliphatic carbocycles. The van der Waals surface area contributed by atoms with Gasteiger partial charge in [0.15, 0.2) is 0 Å². The van der Waals surface area contributed by atoms with Crippen LogP contribution in [0.15, 0.2) is 10.6 Å². The standard InChI is InChI=1S/C13H23N3O2/c1-8-7-15-12(18-8)9(2)16-11(17)6-10(14)13(3,4)5/h7,9-10H,6,14H2,1-5H3,(H,16,17). The third-order valence-electron chi connectivity index (χ3n) is 2.90. The van der Waals surface area contributed by atoms with E-state index in [0.29, 0.717) is 12.3 Å². The molecule has 0 fully saturated rings. The summed E-state index contributed by atoms with van der Waals surface area (Å²) in [4.78, 5) is 15.9. The number of aromatic nitrogens is 1. The van der Waals surface area contributed by atoms with E-state index in [1.165, 1.54) is 0 Å². The van der Waals surface area contributed by atoms with Crippen LogP contribution in [0, 0.1) is 12.3 Å². The van der Waals surface area contributed by atoms with Crippen molar-refractivity contribution in [3.63, 3.8) is 0 Å². The van der Waals surface area contributed by atoms with E-state index < -0.39 is 0 Å². The Balaban J connectivity index is 2.50. The molecule has 0 radical (unpaired) electrons. The number of carbonyl (C=O) groups is 1. The van der Waals surface area contributed by atoms with Gasteiger partial charge in [0, 0.05) is 12.5 Å². The zero-order valence-electron chi connectivity index (χ0n) is 11.8. The first-order valence-electron chi connectivity index (χ1n) is 6.17. The summed E-state index contributed by atoms with van der Waals surface area (Å²) in [5.41, 5.74) is 5.89. The Morgan fingerprint density at radius 1 is 1.56 bits per heavy atom. The summed E-state index contributed by atoms with van der Waals surface area (Å²) in [6.07, 6.45) is 1.94. The number of nitrogens with two attached hydrogens (primary N) is 1. The number of aryl methyl sites for hydroxylation is 1. The maximum atomic E-state index is 11.8. The lowest BCUT2D eigenvalue weighted by Crippen LogP contribution is -2.40. The van der Waals surface area contributed by atoms with Crippen LogP contribution in [0.1, 0.15) is 51.8 Å². The molecule has 0 saturated heterocycles. The molecular formula is C13H23N3O2. The minimum absolute atomic E-state index is 0.0826. The first kappa shape index (κ1) is 14.7. The topological polar surface area (TPSA) is 81.2 Å². The van der Waals surface area contributed by atoms with E-state index in [-0.39, 0.29) is 23.4 Å². The Bertz CT molecular complexity index is 407. The number of amides is 1. The molecule has 1 amide bonds. The van der Waals surface area contributed by atoms with Gasteiger partial charge in [-0.1, -0.05) is 20.8 Å². The van der Waals surface area contributed by atoms with Gasteiger partial charge in [0.25, 0.3) is 0 Å². The lowest BCUT2D eigenvalue weighted by atomic mass is 9.85. The molecule has 18 heavy (non-hydrogen) atoms. The van der Waals surface area contributed by atoms with E-state index in [0.717, 1.165) is 5.76 Å². The lowest BCUT2D eigenvalue weighted by Gasteiger charge is -2.26. The maximum absolute atomic E-state index is 11.8. The molecule has 2 atom stereocenters. The Kier molecular flexibility index (Phi) is 4.51. The molecule has 5 heteroatoms. The molecular weight excluding hydrogens is 230 g/mol. The van der Waals surface area contributed by atoms with E-state index in [9.17, 15) is 4.79 Å². The smallest absolute Gasteiger partial charge is 0.222 e. The van der Waals surface area contributed by atoms with Crippen molar-refractivity contribution in [3.05, 3.63) is 17.8 Å². The van der Waals surface area contributed by atoms with E-state index in [2.05, 4.69) is 10.3 Å². The van der Waals surface area contributed by atoms with Crippen molar-refractivity contribution >= 4 is 5.91 Å². The molecule has 0 saturated carbocycles. The minimum atomic E-state index is -0.238. The van der Waals surface area contributed by atoms with Crippen LogP contribution in [0.25, 0.3) is 0 Å². The summed E-state index contributed by atoms with van der Waals surface area (Å²) in [7, 11) is 0. The predicted molar refractivity (Wildman–Crippen MR) is 69.8 cm³/mol. The van der Waals surface area contributed by atoms with Gasteiger partial charge in [-0.05, 0) is 19.3 Å². The van der Waals surface area contributed by atoms with Crippen LogP contribution in [0.5, 0.6) is 0 Å². The highest BCUT2D eigenvalue weighted by Gasteiger charge is 2.24. The van der Waals surface area contributed by atoms with Gasteiger partial charge < -0.3 is 15.5 Å². The van der Waals surface area contributed by atoms with Crippen molar-refractivity contribution in [2.75, 3.05) is 0 Å². The number of hydrogen-bond donors (Lipinski definition) is 2. The van der Waals surface area contributed by atoms with Gasteiger partial charge >= 0.3 is 0 Å². The Hall–Kier alpha value is -1.36. The van der Waals surface area contributed by atoms with E-state index >= 15 is 0 Å². The fourth-order valence-electron chi connectivity index (χ4n) is 1.44. The summed E-state index contributed by atoms with van der Waals surface area (Å²) in [5, 5.41) is 2.84. The highest BCUT2D eigenvalue weighted by molar-refractivity contribution is 5.77. The average Bonchev–Trinajstić information content (AvgIpc) is 2.63. The van der Waals surface area contributed by atoms with Gasteiger partial charge in [0.2, 0.25) is 11.8 Å². The molecule has 102 valence electrons. The van der Waals surface area contributed by atoms with Crippen molar-refractivity contribution in [2.45, 2.75) is 53.1 Å². The maximum Gasteiger partial charge on any atom is 0.222 e. The number of carbonyl (C=O) groups excluding carboxylic acids is 1. The molecule has 2 unspecified atom stereocenters. The Morgan fingerprint density at radius 2 is 2.17 bits per heavy atom. The second-order valence-corrected chi connectivity index (χ2v) is 5.77. The highest BCUT2D eigenvalue weighted by Crippen LogP contribution is 2.20. The first-order valence-corrected chi connectivity index (χ1v) is 6.17. The van der Waals surface area contributed by atoms with Gasteiger partial charge in [-0.3, -0.25) is 4.79 Å². The largest absolute Gasteiger partial charge is 0.444 e. The van der Waals surface area contributed by atoms with Gasteiger partial charge in [-0.15, -0.1) is 0 Å². The van der Waals surface area contributed by atoms with Crippen LogP contribution in [0.3, 0.4) is 0 Å². The molecule has 1 rings (SSSR count). The summed E-state index contributed by atoms with van der Waals surface area (Å²) in [6.45, 7) is 9.72. The third-order valence-corrected chi connectivity index (χ3v) is 2.90. The molecule has 0 aliphatic rings. The molecule has 0 spiro atoms. The molecule has 1 aromatic rings. The SMILES string of the molecule is Cc1cnc(C(C)NC(=O)CC(N)C(C)(C)C)o1. The number of oxazole rings is 1. The molecule has 0 aromatic carbocycles. The van der Waals surface area contributed by atoms with Crippen molar-refractivity contribution in [3.8, 4) is 0 Å². The van der Waals surface area contributed by atoms with Crippen LogP contribution >= 0.6 is 0 Å². The Morgan fingerprint density at radius 3 is 2.61 bits per heavy atom. The van der Waals surface area contributed by atoms with E-state index in [4.69, 9.17) is 10.2 Å². The summed E-state index contributed by atoms with van der Waals surface area (Å²) in [5.74, 6) is 1.17. The molecule has 0 bridgehead atoms. The van der Waals surface area contributed by atoms with Crippen LogP contribution < -0.4 is 11.1 Å². The number of hydrogen-bond acceptors (Lipinski definition) is 4. The van der Waals surface area contributed by atoms with Crippen molar-refractivity contribution in [1.82, 2.24) is 10.3 Å². The van der Waals surface area contributed by atoms with Crippen molar-refractivity contribution < 1.29 is 9.21 Å². The van der Waals surface area contributed by atoms with E-state index in [1.54, 1.807) is 6.20 Å². The molecule has 0 aliphatic heterocycles. The van der Waals surface area contributed by atoms with Crippen LogP contribution in [0.2, 0.25) is 0 Å². The summed E-state index contributed by atoms with van der Waals surface area (Å²) >= 11 is 0. The van der Waals surface area contributed by atoms with Crippen LogP contribution in [0.4, 0.5) is 0 Å². The zero-order valence-corrected chi connectivity index (χ0v) is 11.8. The second-order valence-electron chi connectivity index (χ2n) is 5.77. The normalized spacial score (nSPS) is 15.2. The Labute approximate surface area is 108 Å². The molecule has 5 nitrogen and oxygen atoms in total. The fourth-order valence-corrected chi connectivity index (χ4v) is 1.44. The lowest BCUT2D eigenvalue weighted by molar-refractivity contribution is -0.122. The number of nitrogens with one attached hydrogen (secondary N) is 1. The summed E-state index contributed by atoms with van der Waals surface area (Å²) in [6, 6.07) is -0.408. The molecule has 1 heterocycles. The third kappa shape index (κ3) is 4.14. The highest BCUT2D eigenvalue weighted by atomic mass is 16.4. The number of nitrogens with zero attached hydrogens (tertiary/aromatic N) is 1. The van der Waals surface area contributed by atoms with Gasteiger partial charge in [0.05, 0.1) is 6.20 Å². The average molecular weight is 253 g/mol. The minimum Gasteiger partial charge on any atom is -0.444 e. The number of rotatable bonds is 4. The summed E-state index contributed by atoms with van der Waals surface area (Å²) < 4.78 is 5.36. The predicted octanol–water partition coefficient (Wildman–Crippen LogP) is 1.92. The first-order chi connectivity index (χ1) is 8.20. The van der Waals surface area contributed by atoms with Gasteiger partial charge in [0.1, 0.15) is 11.8 Å². The fraction of sp³-hybridized carbons (Fsp3) is 0.692. The monoisotopic (exact) mass is 253 g/mol. The quantitative estimate of drug-likeness (QED) is 0.859. The van der Waals surface area contributed by atoms with Crippen LogP contribution in [-0.4, -0.2) is 16.9 Å². The zero-order chi connectivity index (χ0) is 13.9. The van der Waals surface area contributed by atoms with Crippen LogP contribution in [-0.2, 0) is 4.79 Å². The van der Waals surface area contributed by atoms with Gasteiger partial charge in [-0.2, -0.15) is 0 Å². The molecule has 3 N–H and O–H groups in total. The van der Waals surface area contributed by atoms with Crippen molar-refractivity contribution in [1.29, 1.82) is 0 Å². The van der Waals surface area contributed by atoms with E-state index in [1.807, 2.05) is 34.6 Å². The second kappa shape index (κ2) is 5.52. The van der Waals surface area contributed by atoms with Crippen molar-refractivity contribution in [2.24, 2.45) is 11.1 Å². The molecule has 1 aromatic heterocycles. The van der Waals surface area contributed by atoms with Gasteiger partial charge in [-0.25, -0.2) is 4.98 Å².